The van der Waals surface area contributed by atoms with E-state index in [9.17, 15) is 14.3 Å². The molecular formula is C20H15FN6O2. The number of allylic oxidation sites excluding steroid dienone is 2. The van der Waals surface area contributed by atoms with E-state index in [-0.39, 0.29) is 23.1 Å². The number of halogens is 1. The number of nitrogens with one attached hydrogen (secondary N) is 1. The van der Waals surface area contributed by atoms with E-state index in [1.165, 1.54) is 19.3 Å². The number of nitrogens with zero attached hydrogens (tertiary/aromatic N) is 4. The van der Waals surface area contributed by atoms with Crippen LogP contribution in [0.25, 0.3) is 17.0 Å². The number of carbonyl (C=O) groups excluding carboxylic acids is 1. The van der Waals surface area contributed by atoms with Gasteiger partial charge in [-0.1, -0.05) is 17.9 Å². The van der Waals surface area contributed by atoms with Crippen molar-refractivity contribution in [3.8, 4) is 23.2 Å². The molecule has 2 aromatic heterocycles. The predicted molar refractivity (Wildman–Crippen MR) is 101 cm³/mol. The first-order valence-corrected chi connectivity index (χ1v) is 8.88. The molecular weight excluding hydrogens is 375 g/mol. The molecule has 0 fully saturated rings. The molecule has 3 aliphatic rings. The van der Waals surface area contributed by atoms with Gasteiger partial charge in [-0.05, 0) is 36.6 Å². The Bertz CT molecular complexity index is 1260. The highest BCUT2D eigenvalue weighted by molar-refractivity contribution is 5.93. The van der Waals surface area contributed by atoms with E-state index in [0.29, 0.717) is 17.0 Å². The van der Waals surface area contributed by atoms with E-state index in [1.54, 1.807) is 12.3 Å². The van der Waals surface area contributed by atoms with Crippen molar-refractivity contribution in [2.24, 2.45) is 5.73 Å². The highest BCUT2D eigenvalue weighted by atomic mass is 19.1. The Hall–Kier alpha value is -3.77. The van der Waals surface area contributed by atoms with E-state index < -0.39 is 17.3 Å². The number of H-pyrrole nitrogens is 1. The summed E-state index contributed by atoms with van der Waals surface area (Å²) in [5, 5.41) is 16.7. The first-order chi connectivity index (χ1) is 13.8. The Morgan fingerprint density at radius 1 is 1.45 bits per heavy atom. The third-order valence-electron chi connectivity index (χ3n) is 5.18. The van der Waals surface area contributed by atoms with Crippen molar-refractivity contribution in [2.75, 3.05) is 0 Å². The van der Waals surface area contributed by atoms with Crippen LogP contribution in [0, 0.1) is 17.7 Å². The predicted octanol–water partition coefficient (Wildman–Crippen LogP) is 1.51. The normalized spacial score (nSPS) is 18.2. The molecule has 1 aromatic carbocycles. The molecule has 2 unspecified atom stereocenters. The molecule has 4 heterocycles. The lowest BCUT2D eigenvalue weighted by atomic mass is 9.86. The summed E-state index contributed by atoms with van der Waals surface area (Å²) in [5.41, 5.74) is 6.40. The third-order valence-corrected chi connectivity index (χ3v) is 5.18. The molecule has 4 N–H and O–H groups in total. The Kier molecular flexibility index (Phi) is 3.50. The van der Waals surface area contributed by atoms with Gasteiger partial charge in [0.05, 0.1) is 11.6 Å². The van der Waals surface area contributed by atoms with Crippen LogP contribution >= 0.6 is 0 Å². The lowest BCUT2D eigenvalue weighted by Crippen LogP contribution is -2.20. The number of nitrogens with two attached hydrogens (primary N) is 1. The molecule has 0 saturated carbocycles. The molecule has 9 heteroatoms. The van der Waals surface area contributed by atoms with Gasteiger partial charge < -0.3 is 15.4 Å². The maximum atomic E-state index is 14.8. The average Bonchev–Trinajstić information content (AvgIpc) is 3.27. The van der Waals surface area contributed by atoms with Gasteiger partial charge in [0.2, 0.25) is 0 Å². The van der Waals surface area contributed by atoms with E-state index in [2.05, 4.69) is 32.0 Å². The monoisotopic (exact) mass is 390 g/mol. The molecule has 2 aliphatic heterocycles. The SMILES string of the molecule is CC(O)(C#Cc1cc2c(cc1F)C1=CC(C1)n1cc(C(N)=O)nc1-2)c1ncn[nH]1. The fraction of sp³-hybridized carbons (Fsp3) is 0.200. The Morgan fingerprint density at radius 3 is 2.93 bits per heavy atom. The van der Waals surface area contributed by atoms with Crippen molar-refractivity contribution in [3.63, 3.8) is 0 Å². The third kappa shape index (κ3) is 2.65. The Balaban J connectivity index is 1.64. The average molecular weight is 390 g/mol. The first kappa shape index (κ1) is 17.3. The molecule has 1 amide bonds. The van der Waals surface area contributed by atoms with Crippen LogP contribution in [-0.2, 0) is 5.60 Å². The van der Waals surface area contributed by atoms with Crippen molar-refractivity contribution >= 4 is 11.5 Å². The molecule has 2 atom stereocenters. The number of rotatable bonds is 2. The fourth-order valence-electron chi connectivity index (χ4n) is 3.57. The summed E-state index contributed by atoms with van der Waals surface area (Å²) >= 11 is 0. The molecule has 0 radical (unpaired) electrons. The van der Waals surface area contributed by atoms with E-state index in [1.807, 2.05) is 10.6 Å². The zero-order valence-electron chi connectivity index (χ0n) is 15.3. The van der Waals surface area contributed by atoms with Gasteiger partial charge >= 0.3 is 0 Å². The summed E-state index contributed by atoms with van der Waals surface area (Å²) in [6, 6.07) is 3.05. The minimum absolute atomic E-state index is 0.0535. The van der Waals surface area contributed by atoms with Crippen LogP contribution in [-0.4, -0.2) is 35.7 Å². The summed E-state index contributed by atoms with van der Waals surface area (Å²) in [4.78, 5) is 19.8. The summed E-state index contributed by atoms with van der Waals surface area (Å²) < 4.78 is 16.6. The standard InChI is InChI=1S/C20H15FN6O2/c1-20(29,19-23-9-24-26-19)3-2-10-6-14-13(7-15(10)21)11-4-12(5-11)27-8-16(17(22)28)25-18(14)27/h4,6-9,12,29H,5H2,1H3,(H2,22,28)(H,23,24,26). The summed E-state index contributed by atoms with van der Waals surface area (Å²) in [6.45, 7) is 1.44. The van der Waals surface area contributed by atoms with Crippen molar-refractivity contribution in [2.45, 2.75) is 25.0 Å². The maximum Gasteiger partial charge on any atom is 0.268 e. The number of aliphatic hydroxyl groups is 1. The van der Waals surface area contributed by atoms with Gasteiger partial charge in [0.15, 0.2) is 11.4 Å². The number of hydrogen-bond donors (Lipinski definition) is 3. The number of imidazole rings is 1. The molecule has 0 spiro atoms. The molecule has 8 nitrogen and oxygen atoms in total. The van der Waals surface area contributed by atoms with Gasteiger partial charge in [-0.2, -0.15) is 5.10 Å². The zero-order valence-corrected chi connectivity index (χ0v) is 15.3. The van der Waals surface area contributed by atoms with Gasteiger partial charge in [-0.25, -0.2) is 14.4 Å². The van der Waals surface area contributed by atoms with Crippen molar-refractivity contribution in [3.05, 3.63) is 59.2 Å². The fourth-order valence-corrected chi connectivity index (χ4v) is 3.57. The van der Waals surface area contributed by atoms with Crippen molar-refractivity contribution < 1.29 is 14.3 Å². The van der Waals surface area contributed by atoms with Crippen LogP contribution in [0.3, 0.4) is 0 Å². The lowest BCUT2D eigenvalue weighted by molar-refractivity contribution is 0.0995. The lowest BCUT2D eigenvalue weighted by Gasteiger charge is -2.24. The van der Waals surface area contributed by atoms with Crippen LogP contribution in [0.4, 0.5) is 4.39 Å². The van der Waals surface area contributed by atoms with Gasteiger partial charge in [-0.15, -0.1) is 0 Å². The number of carbonyl (C=O) groups is 1. The summed E-state index contributed by atoms with van der Waals surface area (Å²) in [6.07, 6.45) is 5.61. The van der Waals surface area contributed by atoms with E-state index in [0.717, 1.165) is 12.0 Å². The van der Waals surface area contributed by atoms with Crippen LogP contribution in [0.2, 0.25) is 0 Å². The van der Waals surface area contributed by atoms with Gasteiger partial charge in [0.25, 0.3) is 5.91 Å². The van der Waals surface area contributed by atoms with E-state index >= 15 is 0 Å². The quantitative estimate of drug-likeness (QED) is 0.573. The Labute approximate surface area is 164 Å². The molecule has 6 rings (SSSR count). The molecule has 0 saturated heterocycles. The minimum Gasteiger partial charge on any atom is -0.371 e. The second kappa shape index (κ2) is 5.86. The largest absolute Gasteiger partial charge is 0.371 e. The first-order valence-electron chi connectivity index (χ1n) is 8.88. The Morgan fingerprint density at radius 2 is 2.24 bits per heavy atom. The molecule has 144 valence electrons. The second-order valence-electron chi connectivity index (χ2n) is 7.22. The van der Waals surface area contributed by atoms with E-state index in [4.69, 9.17) is 5.73 Å². The molecule has 29 heavy (non-hydrogen) atoms. The number of hydrogen-bond acceptors (Lipinski definition) is 5. The van der Waals surface area contributed by atoms with Gasteiger partial charge in [0.1, 0.15) is 23.7 Å². The second-order valence-corrected chi connectivity index (χ2v) is 7.22. The summed E-state index contributed by atoms with van der Waals surface area (Å²) in [5.74, 6) is 4.88. The van der Waals surface area contributed by atoms with Crippen LogP contribution in [0.1, 0.15) is 46.8 Å². The van der Waals surface area contributed by atoms with Gasteiger partial charge in [-0.3, -0.25) is 9.89 Å². The molecule has 3 aromatic rings. The van der Waals surface area contributed by atoms with Crippen LogP contribution in [0.15, 0.2) is 30.7 Å². The van der Waals surface area contributed by atoms with Crippen LogP contribution in [0.5, 0.6) is 0 Å². The number of amides is 1. The number of aromatic amines is 1. The topological polar surface area (TPSA) is 123 Å². The smallest absolute Gasteiger partial charge is 0.268 e. The van der Waals surface area contributed by atoms with Crippen molar-refractivity contribution in [1.29, 1.82) is 0 Å². The minimum atomic E-state index is -1.63. The highest BCUT2D eigenvalue weighted by Gasteiger charge is 2.33. The number of primary amides is 1. The highest BCUT2D eigenvalue weighted by Crippen LogP contribution is 2.47. The zero-order chi connectivity index (χ0) is 20.3. The van der Waals surface area contributed by atoms with Crippen molar-refractivity contribution in [1.82, 2.24) is 24.7 Å². The maximum absolute atomic E-state index is 14.8. The molecule has 1 aliphatic carbocycles. The number of aromatic nitrogens is 5. The number of benzene rings is 1. The van der Waals surface area contributed by atoms with Gasteiger partial charge in [0, 0.05) is 11.8 Å². The summed E-state index contributed by atoms with van der Waals surface area (Å²) in [7, 11) is 0. The van der Waals surface area contributed by atoms with Crippen LogP contribution < -0.4 is 5.73 Å². The molecule has 2 bridgehead atoms.